The second kappa shape index (κ2) is 8.09. The van der Waals surface area contributed by atoms with Crippen LogP contribution < -0.4 is 10.7 Å². The lowest BCUT2D eigenvalue weighted by Gasteiger charge is -2.22. The number of carbonyl (C=O) groups is 1. The zero-order valence-electron chi connectivity index (χ0n) is 17.4. The van der Waals surface area contributed by atoms with Gasteiger partial charge in [0, 0.05) is 6.20 Å². The Hall–Kier alpha value is -3.01. The summed E-state index contributed by atoms with van der Waals surface area (Å²) in [4.78, 5) is 29.7. The third-order valence-electron chi connectivity index (χ3n) is 5.56. The zero-order chi connectivity index (χ0) is 24.2. The van der Waals surface area contributed by atoms with E-state index in [0.717, 1.165) is 12.3 Å². The van der Waals surface area contributed by atoms with Crippen LogP contribution in [0, 0.1) is 31.4 Å². The van der Waals surface area contributed by atoms with Crippen LogP contribution in [-0.4, -0.2) is 27.7 Å². The van der Waals surface area contributed by atoms with Crippen molar-refractivity contribution in [3.63, 3.8) is 0 Å². The number of halogens is 6. The van der Waals surface area contributed by atoms with E-state index in [-0.39, 0.29) is 11.0 Å². The molecule has 0 saturated heterocycles. The summed E-state index contributed by atoms with van der Waals surface area (Å²) in [6.07, 6.45) is -3.07. The normalized spacial score (nSPS) is 15.0. The number of rotatable bonds is 4. The molecule has 0 aliphatic heterocycles. The molecule has 1 N–H and O–H groups in total. The Morgan fingerprint density at radius 1 is 1.18 bits per heavy atom. The van der Waals surface area contributed by atoms with Gasteiger partial charge in [0.15, 0.2) is 11.0 Å². The van der Waals surface area contributed by atoms with Crippen molar-refractivity contribution in [2.24, 2.45) is 5.92 Å². The highest BCUT2D eigenvalue weighted by Crippen LogP contribution is 2.40. The van der Waals surface area contributed by atoms with Crippen molar-refractivity contribution in [3.8, 4) is 5.69 Å². The summed E-state index contributed by atoms with van der Waals surface area (Å²) in [5.41, 5.74) is -0.676. The Morgan fingerprint density at radius 3 is 2.33 bits per heavy atom. The topological polar surface area (TPSA) is 64.0 Å². The fraction of sp³-hybridized carbons (Fsp3) is 0.318. The molecule has 1 aliphatic rings. The van der Waals surface area contributed by atoms with Gasteiger partial charge in [-0.2, -0.15) is 13.2 Å². The molecular formula is C22H17ClF5N3O2. The first-order valence-corrected chi connectivity index (χ1v) is 10.3. The van der Waals surface area contributed by atoms with E-state index in [2.05, 4.69) is 4.98 Å². The van der Waals surface area contributed by atoms with Crippen molar-refractivity contribution in [1.29, 1.82) is 0 Å². The highest BCUT2D eigenvalue weighted by molar-refractivity contribution is 6.29. The van der Waals surface area contributed by atoms with Crippen molar-refractivity contribution in [3.05, 3.63) is 68.1 Å². The molecule has 2 aromatic heterocycles. The maximum Gasteiger partial charge on any atom is 0.408 e. The van der Waals surface area contributed by atoms with Crippen LogP contribution in [0.1, 0.15) is 34.3 Å². The standard InChI is InChI=1S/C22H17ClF5N3O2/c1-9-5-12(24)6-10(2)16(9)31-8-14(17(32)13-7-15(25)19(23)30-20(13)31)21(33)29-18(11-3-4-11)22(26,27)28/h5-8,11,18H,3-4H2,1-2H3,(H,29,33)/t18-/m1/s1. The molecule has 33 heavy (non-hydrogen) atoms. The molecule has 1 aliphatic carbocycles. The molecule has 0 bridgehead atoms. The average molecular weight is 486 g/mol. The first-order valence-electron chi connectivity index (χ1n) is 9.94. The van der Waals surface area contributed by atoms with Gasteiger partial charge in [-0.1, -0.05) is 11.6 Å². The summed E-state index contributed by atoms with van der Waals surface area (Å²) < 4.78 is 69.5. The third kappa shape index (κ3) is 4.31. The molecule has 1 fully saturated rings. The van der Waals surface area contributed by atoms with E-state index >= 15 is 0 Å². The maximum absolute atomic E-state index is 14.1. The maximum atomic E-state index is 14.1. The Balaban J connectivity index is 1.95. The summed E-state index contributed by atoms with van der Waals surface area (Å²) in [5.74, 6) is -3.59. The lowest BCUT2D eigenvalue weighted by atomic mass is 10.1. The third-order valence-corrected chi connectivity index (χ3v) is 5.83. The molecule has 3 aromatic rings. The Morgan fingerprint density at radius 2 is 1.79 bits per heavy atom. The summed E-state index contributed by atoms with van der Waals surface area (Å²) >= 11 is 5.80. The van der Waals surface area contributed by atoms with Crippen LogP contribution in [-0.2, 0) is 0 Å². The molecule has 1 atom stereocenters. The number of aromatic nitrogens is 2. The Kier molecular flexibility index (Phi) is 5.68. The molecule has 1 aromatic carbocycles. The highest BCUT2D eigenvalue weighted by atomic mass is 35.5. The van der Waals surface area contributed by atoms with E-state index in [4.69, 9.17) is 11.6 Å². The zero-order valence-corrected chi connectivity index (χ0v) is 18.1. The van der Waals surface area contributed by atoms with Crippen LogP contribution in [0.3, 0.4) is 0 Å². The molecule has 1 saturated carbocycles. The van der Waals surface area contributed by atoms with E-state index in [1.165, 1.54) is 16.7 Å². The number of amides is 1. The van der Waals surface area contributed by atoms with Gasteiger partial charge in [0.1, 0.15) is 23.1 Å². The van der Waals surface area contributed by atoms with Gasteiger partial charge >= 0.3 is 6.18 Å². The van der Waals surface area contributed by atoms with Crippen LogP contribution in [0.2, 0.25) is 5.15 Å². The fourth-order valence-electron chi connectivity index (χ4n) is 3.93. The number of nitrogens with one attached hydrogen (secondary N) is 1. The number of benzene rings is 1. The first kappa shape index (κ1) is 23.2. The lowest BCUT2D eigenvalue weighted by Crippen LogP contribution is -2.48. The lowest BCUT2D eigenvalue weighted by molar-refractivity contribution is -0.158. The SMILES string of the molecule is Cc1cc(F)cc(C)c1-n1cc(C(=O)N[C@H](C2CC2)C(F)(F)F)c(=O)c2cc(F)c(Cl)nc21. The minimum atomic E-state index is -4.70. The largest absolute Gasteiger partial charge is 0.408 e. The number of aryl methyl sites for hydroxylation is 2. The van der Waals surface area contributed by atoms with Gasteiger partial charge in [0.2, 0.25) is 5.43 Å². The summed E-state index contributed by atoms with van der Waals surface area (Å²) in [7, 11) is 0. The number of alkyl halides is 3. The summed E-state index contributed by atoms with van der Waals surface area (Å²) in [6, 6.07) is 1.06. The van der Waals surface area contributed by atoms with Crippen molar-refractivity contribution in [2.45, 2.75) is 38.9 Å². The van der Waals surface area contributed by atoms with Gasteiger partial charge in [-0.3, -0.25) is 14.2 Å². The molecule has 174 valence electrons. The predicted octanol–water partition coefficient (Wildman–Crippen LogP) is 5.00. The second-order valence-electron chi connectivity index (χ2n) is 8.09. The minimum Gasteiger partial charge on any atom is -0.340 e. The van der Waals surface area contributed by atoms with Crippen LogP contribution >= 0.6 is 11.6 Å². The smallest absolute Gasteiger partial charge is 0.340 e. The van der Waals surface area contributed by atoms with Crippen LogP contribution in [0.5, 0.6) is 0 Å². The molecule has 11 heteroatoms. The number of nitrogens with zero attached hydrogens (tertiary/aromatic N) is 2. The summed E-state index contributed by atoms with van der Waals surface area (Å²) in [6.45, 7) is 3.13. The van der Waals surface area contributed by atoms with Gasteiger partial charge in [0.25, 0.3) is 5.91 Å². The predicted molar refractivity (Wildman–Crippen MR) is 112 cm³/mol. The average Bonchev–Trinajstić information content (AvgIpc) is 3.52. The van der Waals surface area contributed by atoms with Gasteiger partial charge in [0.05, 0.1) is 11.1 Å². The number of fused-ring (bicyclic) bond motifs is 1. The second-order valence-corrected chi connectivity index (χ2v) is 8.45. The molecule has 5 nitrogen and oxygen atoms in total. The molecule has 0 spiro atoms. The van der Waals surface area contributed by atoms with Gasteiger partial charge in [-0.15, -0.1) is 0 Å². The Bertz CT molecular complexity index is 1330. The Labute approximate surface area is 189 Å². The van der Waals surface area contributed by atoms with E-state index < -0.39 is 51.8 Å². The monoisotopic (exact) mass is 485 g/mol. The molecule has 0 radical (unpaired) electrons. The van der Waals surface area contributed by atoms with Crippen LogP contribution in [0.25, 0.3) is 16.7 Å². The number of pyridine rings is 2. The highest BCUT2D eigenvalue weighted by Gasteiger charge is 2.49. The van der Waals surface area contributed by atoms with Crippen molar-refractivity contribution < 1.29 is 26.7 Å². The van der Waals surface area contributed by atoms with Crippen LogP contribution in [0.4, 0.5) is 22.0 Å². The molecule has 1 amide bonds. The number of hydrogen-bond donors (Lipinski definition) is 1. The van der Waals surface area contributed by atoms with Crippen molar-refractivity contribution in [2.75, 3.05) is 0 Å². The van der Waals surface area contributed by atoms with E-state index in [0.29, 0.717) is 29.7 Å². The first-order chi connectivity index (χ1) is 15.4. The van der Waals surface area contributed by atoms with Gasteiger partial charge < -0.3 is 5.32 Å². The molecule has 0 unspecified atom stereocenters. The van der Waals surface area contributed by atoms with Gasteiger partial charge in [-0.25, -0.2) is 13.8 Å². The van der Waals surface area contributed by atoms with E-state index in [1.807, 2.05) is 5.32 Å². The fourth-order valence-corrected chi connectivity index (χ4v) is 4.07. The number of carbonyl (C=O) groups excluding carboxylic acids is 1. The van der Waals surface area contributed by atoms with Gasteiger partial charge in [-0.05, 0) is 61.9 Å². The van der Waals surface area contributed by atoms with E-state index in [9.17, 15) is 31.5 Å². The van der Waals surface area contributed by atoms with Crippen molar-refractivity contribution in [1.82, 2.24) is 14.9 Å². The summed E-state index contributed by atoms with van der Waals surface area (Å²) in [5, 5.41) is 1.00. The van der Waals surface area contributed by atoms with E-state index in [1.54, 1.807) is 13.8 Å². The quantitative estimate of drug-likeness (QED) is 0.417. The molecule has 4 rings (SSSR count). The molecule has 2 heterocycles. The van der Waals surface area contributed by atoms with Crippen LogP contribution in [0.15, 0.2) is 29.2 Å². The molecular weight excluding hydrogens is 469 g/mol. The number of hydrogen-bond acceptors (Lipinski definition) is 3. The minimum absolute atomic E-state index is 0.129. The van der Waals surface area contributed by atoms with Crippen molar-refractivity contribution >= 4 is 28.5 Å².